The molecule has 17 heavy (non-hydrogen) atoms. The second kappa shape index (κ2) is 7.24. The molecule has 0 fully saturated rings. The highest BCUT2D eigenvalue weighted by atomic mass is 79.9. The first-order valence-electron chi connectivity index (χ1n) is 5.24. The van der Waals surface area contributed by atoms with Crippen molar-refractivity contribution in [2.24, 2.45) is 0 Å². The van der Waals surface area contributed by atoms with Gasteiger partial charge in [0.2, 0.25) is 0 Å². The van der Waals surface area contributed by atoms with Crippen molar-refractivity contribution in [1.82, 2.24) is 10.3 Å². The molecule has 1 N–H and O–H groups in total. The number of rotatable bonds is 5. The Morgan fingerprint density at radius 1 is 1.71 bits per heavy atom. The van der Waals surface area contributed by atoms with Gasteiger partial charge in [-0.25, -0.2) is 4.98 Å². The number of carbonyl (C=O) groups excluding carboxylic acids is 1. The van der Waals surface area contributed by atoms with Crippen LogP contribution in [-0.2, 0) is 0 Å². The number of hydrogen-bond acceptors (Lipinski definition) is 3. The molecule has 1 aromatic heterocycles. The lowest BCUT2D eigenvalue weighted by Crippen LogP contribution is -2.34. The van der Waals surface area contributed by atoms with E-state index in [4.69, 9.17) is 11.6 Å². The first-order chi connectivity index (χ1) is 8.04. The van der Waals surface area contributed by atoms with Crippen LogP contribution in [0.15, 0.2) is 16.7 Å². The van der Waals surface area contributed by atoms with Crippen molar-refractivity contribution < 1.29 is 4.79 Å². The lowest BCUT2D eigenvalue weighted by molar-refractivity contribution is 0.0943. The second-order valence-corrected chi connectivity index (χ2v) is 6.12. The number of nitrogens with zero attached hydrogens (tertiary/aromatic N) is 1. The fraction of sp³-hybridized carbons (Fsp3) is 0.455. The number of amides is 1. The molecule has 0 radical (unpaired) electrons. The van der Waals surface area contributed by atoms with E-state index in [0.29, 0.717) is 5.56 Å². The van der Waals surface area contributed by atoms with Gasteiger partial charge >= 0.3 is 0 Å². The standard InChI is InChI=1S/C11H14BrClN2OS/c1-3-17-6-7(2)15-11(16)9-4-8(12)5-14-10(9)13/h4-5,7H,3,6H2,1-2H3,(H,15,16). The summed E-state index contributed by atoms with van der Waals surface area (Å²) in [4.78, 5) is 15.8. The van der Waals surface area contributed by atoms with Crippen LogP contribution in [0.5, 0.6) is 0 Å². The Hall–Kier alpha value is -0.260. The third-order valence-electron chi connectivity index (χ3n) is 2.00. The average molecular weight is 338 g/mol. The van der Waals surface area contributed by atoms with E-state index in [1.165, 1.54) is 0 Å². The number of nitrogens with one attached hydrogen (secondary N) is 1. The number of thioether (sulfide) groups is 1. The quantitative estimate of drug-likeness (QED) is 0.838. The monoisotopic (exact) mass is 336 g/mol. The summed E-state index contributed by atoms with van der Waals surface area (Å²) in [5.74, 6) is 1.74. The molecule has 1 rings (SSSR count). The lowest BCUT2D eigenvalue weighted by atomic mass is 10.2. The van der Waals surface area contributed by atoms with Crippen molar-refractivity contribution in [3.8, 4) is 0 Å². The molecule has 6 heteroatoms. The molecule has 0 saturated carbocycles. The van der Waals surface area contributed by atoms with E-state index in [0.717, 1.165) is 16.0 Å². The van der Waals surface area contributed by atoms with Gasteiger partial charge in [0.1, 0.15) is 5.15 Å². The van der Waals surface area contributed by atoms with E-state index in [1.807, 2.05) is 6.92 Å². The molecular weight excluding hydrogens is 324 g/mol. The maximum atomic E-state index is 11.9. The molecule has 0 aliphatic carbocycles. The highest BCUT2D eigenvalue weighted by Gasteiger charge is 2.14. The first kappa shape index (κ1) is 14.8. The van der Waals surface area contributed by atoms with Crippen LogP contribution in [0, 0.1) is 0 Å². The van der Waals surface area contributed by atoms with Crippen LogP contribution >= 0.6 is 39.3 Å². The highest BCUT2D eigenvalue weighted by molar-refractivity contribution is 9.10. The molecule has 1 heterocycles. The fourth-order valence-corrected chi connectivity index (χ4v) is 2.41. The van der Waals surface area contributed by atoms with Crippen LogP contribution in [0.1, 0.15) is 24.2 Å². The second-order valence-electron chi connectivity index (χ2n) is 3.53. The zero-order valence-electron chi connectivity index (χ0n) is 9.67. The van der Waals surface area contributed by atoms with Crippen molar-refractivity contribution in [2.75, 3.05) is 11.5 Å². The molecule has 1 atom stereocenters. The zero-order chi connectivity index (χ0) is 12.8. The SMILES string of the molecule is CCSCC(C)NC(=O)c1cc(Br)cnc1Cl. The molecule has 1 amide bonds. The number of pyridine rings is 1. The Balaban J connectivity index is 2.66. The number of aromatic nitrogens is 1. The molecule has 3 nitrogen and oxygen atoms in total. The third kappa shape index (κ3) is 4.85. The van der Waals surface area contributed by atoms with Crippen LogP contribution in [0.2, 0.25) is 5.15 Å². The van der Waals surface area contributed by atoms with Gasteiger partial charge in [0, 0.05) is 22.5 Å². The van der Waals surface area contributed by atoms with Crippen LogP contribution in [0.25, 0.3) is 0 Å². The molecule has 0 bridgehead atoms. The van der Waals surface area contributed by atoms with Gasteiger partial charge in [0.25, 0.3) is 5.91 Å². The van der Waals surface area contributed by atoms with Crippen molar-refractivity contribution in [1.29, 1.82) is 0 Å². The summed E-state index contributed by atoms with van der Waals surface area (Å²) in [6.45, 7) is 4.06. The van der Waals surface area contributed by atoms with E-state index in [9.17, 15) is 4.79 Å². The van der Waals surface area contributed by atoms with Gasteiger partial charge in [-0.1, -0.05) is 18.5 Å². The van der Waals surface area contributed by atoms with Crippen LogP contribution in [-0.4, -0.2) is 28.4 Å². The highest BCUT2D eigenvalue weighted by Crippen LogP contribution is 2.18. The van der Waals surface area contributed by atoms with E-state index in [1.54, 1.807) is 24.0 Å². The topological polar surface area (TPSA) is 42.0 Å². The van der Waals surface area contributed by atoms with Gasteiger partial charge in [-0.15, -0.1) is 0 Å². The molecule has 1 aromatic rings. The zero-order valence-corrected chi connectivity index (χ0v) is 12.8. The smallest absolute Gasteiger partial charge is 0.254 e. The fourth-order valence-electron chi connectivity index (χ4n) is 1.22. The Labute approximate surface area is 119 Å². The summed E-state index contributed by atoms with van der Waals surface area (Å²) in [5, 5.41) is 3.12. The summed E-state index contributed by atoms with van der Waals surface area (Å²) >= 11 is 10.9. The molecular formula is C11H14BrClN2OS. The van der Waals surface area contributed by atoms with Gasteiger partial charge < -0.3 is 5.32 Å². The van der Waals surface area contributed by atoms with E-state index in [-0.39, 0.29) is 17.1 Å². The van der Waals surface area contributed by atoms with Gasteiger partial charge in [-0.2, -0.15) is 11.8 Å². The molecule has 0 aliphatic rings. The molecule has 94 valence electrons. The lowest BCUT2D eigenvalue weighted by Gasteiger charge is -2.13. The molecule has 1 unspecified atom stereocenters. The molecule has 0 saturated heterocycles. The molecule has 0 spiro atoms. The van der Waals surface area contributed by atoms with Gasteiger partial charge in [0.15, 0.2) is 0 Å². The van der Waals surface area contributed by atoms with Crippen LogP contribution in [0.3, 0.4) is 0 Å². The van der Waals surface area contributed by atoms with Gasteiger partial charge in [0.05, 0.1) is 5.56 Å². The molecule has 0 aromatic carbocycles. The van der Waals surface area contributed by atoms with Crippen molar-refractivity contribution in [2.45, 2.75) is 19.9 Å². The summed E-state index contributed by atoms with van der Waals surface area (Å²) in [6, 6.07) is 1.78. The van der Waals surface area contributed by atoms with E-state index in [2.05, 4.69) is 33.2 Å². The summed E-state index contributed by atoms with van der Waals surface area (Å²) in [5.41, 5.74) is 0.398. The van der Waals surface area contributed by atoms with Crippen molar-refractivity contribution in [3.63, 3.8) is 0 Å². The van der Waals surface area contributed by atoms with E-state index >= 15 is 0 Å². The maximum Gasteiger partial charge on any atom is 0.254 e. The van der Waals surface area contributed by atoms with Crippen molar-refractivity contribution >= 4 is 45.2 Å². The third-order valence-corrected chi connectivity index (χ3v) is 3.88. The average Bonchev–Trinajstić information content (AvgIpc) is 2.29. The number of hydrogen-bond donors (Lipinski definition) is 1. The minimum atomic E-state index is -0.187. The van der Waals surface area contributed by atoms with Crippen molar-refractivity contribution in [3.05, 3.63) is 27.5 Å². The summed E-state index contributed by atoms with van der Waals surface area (Å²) in [7, 11) is 0. The maximum absolute atomic E-state index is 11.9. The summed E-state index contributed by atoms with van der Waals surface area (Å²) < 4.78 is 0.739. The Morgan fingerprint density at radius 3 is 3.06 bits per heavy atom. The minimum Gasteiger partial charge on any atom is -0.349 e. The largest absolute Gasteiger partial charge is 0.349 e. The Morgan fingerprint density at radius 2 is 2.41 bits per heavy atom. The normalized spacial score (nSPS) is 12.2. The van der Waals surface area contributed by atoms with Gasteiger partial charge in [-0.05, 0) is 34.7 Å². The van der Waals surface area contributed by atoms with Gasteiger partial charge in [-0.3, -0.25) is 4.79 Å². The molecule has 0 aliphatic heterocycles. The number of carbonyl (C=O) groups is 1. The predicted octanol–water partition coefficient (Wildman–Crippen LogP) is 3.37. The first-order valence-corrected chi connectivity index (χ1v) is 7.56. The minimum absolute atomic E-state index is 0.113. The van der Waals surface area contributed by atoms with E-state index < -0.39 is 0 Å². The number of halogens is 2. The van der Waals surface area contributed by atoms with Crippen LogP contribution < -0.4 is 5.32 Å². The Bertz CT molecular complexity index is 403. The Kier molecular flexibility index (Phi) is 6.30. The summed E-state index contributed by atoms with van der Waals surface area (Å²) in [6.07, 6.45) is 1.56. The predicted molar refractivity (Wildman–Crippen MR) is 76.9 cm³/mol. The van der Waals surface area contributed by atoms with Crippen LogP contribution in [0.4, 0.5) is 0 Å².